The van der Waals surface area contributed by atoms with Gasteiger partial charge in [0.25, 0.3) is 5.91 Å². The topological polar surface area (TPSA) is 93.4 Å². The van der Waals surface area contributed by atoms with Crippen molar-refractivity contribution < 1.29 is 18.7 Å². The number of anilines is 1. The van der Waals surface area contributed by atoms with Gasteiger partial charge in [0.05, 0.1) is 18.2 Å². The van der Waals surface area contributed by atoms with E-state index in [0.29, 0.717) is 6.61 Å². The van der Waals surface area contributed by atoms with E-state index in [1.807, 2.05) is 0 Å². The quantitative estimate of drug-likeness (QED) is 0.746. The highest BCUT2D eigenvalue weighted by Gasteiger charge is 2.11. The number of rotatable bonds is 5. The van der Waals surface area contributed by atoms with E-state index in [9.17, 15) is 14.0 Å². The largest absolute Gasteiger partial charge is 0.383 e. The highest BCUT2D eigenvalue weighted by molar-refractivity contribution is 5.96. The molecule has 0 aliphatic heterocycles. The Kier molecular flexibility index (Phi) is 5.25. The molecule has 1 aromatic rings. The SMILES string of the molecule is COCC(C)NC(=O)Nc1ccc(F)c(C(N)=O)c1. The van der Waals surface area contributed by atoms with Gasteiger partial charge < -0.3 is 21.1 Å². The molecule has 6 nitrogen and oxygen atoms in total. The monoisotopic (exact) mass is 269 g/mol. The molecule has 0 fully saturated rings. The van der Waals surface area contributed by atoms with Crippen LogP contribution < -0.4 is 16.4 Å². The summed E-state index contributed by atoms with van der Waals surface area (Å²) >= 11 is 0. The van der Waals surface area contributed by atoms with Crippen LogP contribution in [0.4, 0.5) is 14.9 Å². The number of halogens is 1. The highest BCUT2D eigenvalue weighted by Crippen LogP contribution is 2.14. The van der Waals surface area contributed by atoms with Crippen molar-refractivity contribution >= 4 is 17.6 Å². The summed E-state index contributed by atoms with van der Waals surface area (Å²) in [6, 6.07) is 2.92. The molecule has 4 N–H and O–H groups in total. The summed E-state index contributed by atoms with van der Waals surface area (Å²) in [6.45, 7) is 2.13. The zero-order valence-corrected chi connectivity index (χ0v) is 10.7. The molecule has 104 valence electrons. The fourth-order valence-electron chi connectivity index (χ4n) is 1.47. The average Bonchev–Trinajstić information content (AvgIpc) is 2.31. The Hall–Kier alpha value is -2.15. The van der Waals surface area contributed by atoms with E-state index < -0.39 is 17.8 Å². The van der Waals surface area contributed by atoms with E-state index in [4.69, 9.17) is 10.5 Å². The van der Waals surface area contributed by atoms with E-state index in [1.54, 1.807) is 6.92 Å². The van der Waals surface area contributed by atoms with E-state index in [2.05, 4.69) is 10.6 Å². The molecular formula is C12H16FN3O3. The standard InChI is InChI=1S/C12H16FN3O3/c1-7(6-19-2)15-12(18)16-8-3-4-10(13)9(5-8)11(14)17/h3-5,7H,6H2,1-2H3,(H2,14,17)(H2,15,16,18). The van der Waals surface area contributed by atoms with E-state index >= 15 is 0 Å². The summed E-state index contributed by atoms with van der Waals surface area (Å²) in [5.74, 6) is -1.62. The van der Waals surface area contributed by atoms with Crippen LogP contribution in [0.15, 0.2) is 18.2 Å². The van der Waals surface area contributed by atoms with Crippen LogP contribution in [0.3, 0.4) is 0 Å². The molecule has 1 rings (SSSR count). The van der Waals surface area contributed by atoms with Crippen molar-refractivity contribution in [2.45, 2.75) is 13.0 Å². The van der Waals surface area contributed by atoms with Crippen LogP contribution in [0, 0.1) is 5.82 Å². The smallest absolute Gasteiger partial charge is 0.319 e. The van der Waals surface area contributed by atoms with Crippen molar-refractivity contribution in [3.8, 4) is 0 Å². The fraction of sp³-hybridized carbons (Fsp3) is 0.333. The van der Waals surface area contributed by atoms with Gasteiger partial charge >= 0.3 is 6.03 Å². The lowest BCUT2D eigenvalue weighted by Gasteiger charge is -2.14. The van der Waals surface area contributed by atoms with Crippen molar-refractivity contribution in [1.29, 1.82) is 0 Å². The van der Waals surface area contributed by atoms with Gasteiger partial charge in [-0.1, -0.05) is 0 Å². The van der Waals surface area contributed by atoms with E-state index in [-0.39, 0.29) is 17.3 Å². The number of hydrogen-bond acceptors (Lipinski definition) is 3. The summed E-state index contributed by atoms with van der Waals surface area (Å²) in [5.41, 5.74) is 5.01. The number of nitrogens with one attached hydrogen (secondary N) is 2. The van der Waals surface area contributed by atoms with Crippen LogP contribution in [0.1, 0.15) is 17.3 Å². The van der Waals surface area contributed by atoms with Crippen LogP contribution in [-0.2, 0) is 4.74 Å². The van der Waals surface area contributed by atoms with Crippen LogP contribution >= 0.6 is 0 Å². The van der Waals surface area contributed by atoms with Gasteiger partial charge in [-0.25, -0.2) is 9.18 Å². The lowest BCUT2D eigenvalue weighted by atomic mass is 10.2. The summed E-state index contributed by atoms with van der Waals surface area (Å²) in [6.07, 6.45) is 0. The number of hydrogen-bond donors (Lipinski definition) is 3. The second-order valence-corrected chi connectivity index (χ2v) is 4.01. The van der Waals surface area contributed by atoms with Gasteiger partial charge in [0.2, 0.25) is 0 Å². The number of nitrogens with two attached hydrogens (primary N) is 1. The number of amides is 3. The summed E-state index contributed by atoms with van der Waals surface area (Å²) in [4.78, 5) is 22.5. The number of ether oxygens (including phenoxy) is 1. The third-order valence-electron chi connectivity index (χ3n) is 2.28. The minimum Gasteiger partial charge on any atom is -0.383 e. The molecule has 0 aliphatic rings. The Balaban J connectivity index is 2.69. The second-order valence-electron chi connectivity index (χ2n) is 4.01. The van der Waals surface area contributed by atoms with Gasteiger partial charge in [-0.15, -0.1) is 0 Å². The van der Waals surface area contributed by atoms with Crippen molar-refractivity contribution in [3.05, 3.63) is 29.6 Å². The first-order valence-corrected chi connectivity index (χ1v) is 5.60. The summed E-state index contributed by atoms with van der Waals surface area (Å²) < 4.78 is 18.1. The molecule has 0 aliphatic carbocycles. The molecule has 0 spiro atoms. The molecule has 0 bridgehead atoms. The normalized spacial score (nSPS) is 11.7. The van der Waals surface area contributed by atoms with Gasteiger partial charge in [-0.05, 0) is 25.1 Å². The lowest BCUT2D eigenvalue weighted by Crippen LogP contribution is -2.38. The maximum atomic E-state index is 13.2. The van der Waals surface area contributed by atoms with Gasteiger partial charge in [-0.2, -0.15) is 0 Å². The number of methoxy groups -OCH3 is 1. The maximum absolute atomic E-state index is 13.2. The van der Waals surface area contributed by atoms with E-state index in [1.165, 1.54) is 19.2 Å². The molecule has 1 unspecified atom stereocenters. The predicted molar refractivity (Wildman–Crippen MR) is 68.4 cm³/mol. The maximum Gasteiger partial charge on any atom is 0.319 e. The first-order chi connectivity index (χ1) is 8.93. The van der Waals surface area contributed by atoms with Crippen LogP contribution in [0.25, 0.3) is 0 Å². The molecule has 19 heavy (non-hydrogen) atoms. The Morgan fingerprint density at radius 3 is 2.74 bits per heavy atom. The van der Waals surface area contributed by atoms with Crippen molar-refractivity contribution in [1.82, 2.24) is 5.32 Å². The number of benzene rings is 1. The number of carbonyl (C=O) groups excluding carboxylic acids is 2. The van der Waals surface area contributed by atoms with Crippen LogP contribution in [0.5, 0.6) is 0 Å². The third kappa shape index (κ3) is 4.55. The molecule has 1 atom stereocenters. The first-order valence-electron chi connectivity index (χ1n) is 5.60. The third-order valence-corrected chi connectivity index (χ3v) is 2.28. The van der Waals surface area contributed by atoms with Crippen molar-refractivity contribution in [3.63, 3.8) is 0 Å². The zero-order valence-electron chi connectivity index (χ0n) is 10.7. The van der Waals surface area contributed by atoms with Gasteiger partial charge in [-0.3, -0.25) is 4.79 Å². The molecule has 0 saturated heterocycles. The highest BCUT2D eigenvalue weighted by atomic mass is 19.1. The minimum atomic E-state index is -0.894. The van der Waals surface area contributed by atoms with Crippen LogP contribution in [-0.4, -0.2) is 31.7 Å². The van der Waals surface area contributed by atoms with Crippen molar-refractivity contribution in [2.24, 2.45) is 5.73 Å². The first kappa shape index (κ1) is 14.9. The Morgan fingerprint density at radius 1 is 1.47 bits per heavy atom. The molecule has 0 heterocycles. The molecular weight excluding hydrogens is 253 g/mol. The summed E-state index contributed by atoms with van der Waals surface area (Å²) in [7, 11) is 1.52. The molecule has 0 radical (unpaired) electrons. The number of primary amides is 1. The second kappa shape index (κ2) is 6.69. The molecule has 0 aromatic heterocycles. The zero-order chi connectivity index (χ0) is 14.4. The fourth-order valence-corrected chi connectivity index (χ4v) is 1.47. The molecule has 0 saturated carbocycles. The van der Waals surface area contributed by atoms with Gasteiger partial charge in [0.15, 0.2) is 0 Å². The summed E-state index contributed by atoms with van der Waals surface area (Å²) in [5, 5.41) is 5.08. The Bertz CT molecular complexity index is 479. The van der Waals surface area contributed by atoms with Crippen LogP contribution in [0.2, 0.25) is 0 Å². The van der Waals surface area contributed by atoms with Gasteiger partial charge in [0.1, 0.15) is 5.82 Å². The molecule has 7 heteroatoms. The van der Waals surface area contributed by atoms with Crippen molar-refractivity contribution in [2.75, 3.05) is 19.0 Å². The predicted octanol–water partition coefficient (Wildman–Crippen LogP) is 1.08. The Labute approximate surface area is 110 Å². The lowest BCUT2D eigenvalue weighted by molar-refractivity contribution is 0.0996. The number of carbonyl (C=O) groups is 2. The minimum absolute atomic E-state index is 0.180. The molecule has 1 aromatic carbocycles. The van der Waals surface area contributed by atoms with E-state index in [0.717, 1.165) is 6.07 Å². The molecule has 3 amide bonds. The number of urea groups is 1. The Morgan fingerprint density at radius 2 is 2.16 bits per heavy atom. The van der Waals surface area contributed by atoms with Gasteiger partial charge in [0, 0.05) is 12.8 Å². The average molecular weight is 269 g/mol.